The molecule has 4 rings (SSSR count). The van der Waals surface area contributed by atoms with E-state index in [1.807, 2.05) is 71.3 Å². The summed E-state index contributed by atoms with van der Waals surface area (Å²) in [6.45, 7) is 3.76. The van der Waals surface area contributed by atoms with Crippen LogP contribution in [0.5, 0.6) is 0 Å². The monoisotopic (exact) mass is 478 g/mol. The first-order valence-electron chi connectivity index (χ1n) is 10.0. The lowest BCUT2D eigenvalue weighted by Gasteiger charge is -2.11. The molecule has 0 saturated carbocycles. The van der Waals surface area contributed by atoms with Crippen LogP contribution in [0.15, 0.2) is 94.8 Å². The van der Waals surface area contributed by atoms with Gasteiger partial charge in [0, 0.05) is 27.6 Å². The predicted octanol–water partition coefficient (Wildman–Crippen LogP) is 5.93. The molecule has 0 aliphatic rings. The predicted molar refractivity (Wildman–Crippen MR) is 135 cm³/mol. The standard InChI is InChI=1S/C24H22N4OS3/c1-2-14-31-21-13-7-6-12-20(21)25-23(29)17-32-24-27-26-22(16-19-11-8-15-30-19)28(24)18-9-4-3-5-10-18/h2-13,15H,1,14,16-17H2,(H,25,29). The Bertz CT molecular complexity index is 1170. The number of aromatic nitrogens is 3. The molecule has 0 saturated heterocycles. The summed E-state index contributed by atoms with van der Waals surface area (Å²) in [7, 11) is 0. The summed E-state index contributed by atoms with van der Waals surface area (Å²) in [5.41, 5.74) is 1.80. The lowest BCUT2D eigenvalue weighted by atomic mass is 10.3. The number of anilines is 1. The lowest BCUT2D eigenvalue weighted by Crippen LogP contribution is -2.15. The summed E-state index contributed by atoms with van der Waals surface area (Å²) in [5, 5.41) is 14.6. The third kappa shape index (κ3) is 5.70. The normalized spacial score (nSPS) is 10.8. The fourth-order valence-electron chi connectivity index (χ4n) is 3.07. The topological polar surface area (TPSA) is 59.8 Å². The molecule has 0 radical (unpaired) electrons. The average molecular weight is 479 g/mol. The second kappa shape index (κ2) is 11.2. The van der Waals surface area contributed by atoms with Gasteiger partial charge in [0.15, 0.2) is 5.16 Å². The second-order valence-electron chi connectivity index (χ2n) is 6.76. The number of hydrogen-bond donors (Lipinski definition) is 1. The van der Waals surface area contributed by atoms with E-state index in [9.17, 15) is 4.79 Å². The van der Waals surface area contributed by atoms with Crippen molar-refractivity contribution in [2.75, 3.05) is 16.8 Å². The van der Waals surface area contributed by atoms with E-state index < -0.39 is 0 Å². The van der Waals surface area contributed by atoms with Crippen molar-refractivity contribution in [2.45, 2.75) is 16.5 Å². The first-order valence-corrected chi connectivity index (χ1v) is 12.9. The maximum Gasteiger partial charge on any atom is 0.234 e. The van der Waals surface area contributed by atoms with E-state index in [2.05, 4.69) is 33.5 Å². The van der Waals surface area contributed by atoms with Gasteiger partial charge in [-0.1, -0.05) is 54.2 Å². The number of rotatable bonds is 10. The van der Waals surface area contributed by atoms with Gasteiger partial charge in [-0.15, -0.1) is 39.9 Å². The molecule has 1 amide bonds. The van der Waals surface area contributed by atoms with Crippen molar-refractivity contribution in [3.05, 3.63) is 95.5 Å². The molecule has 2 aromatic heterocycles. The fourth-order valence-corrected chi connectivity index (χ4v) is 5.29. The van der Waals surface area contributed by atoms with Crippen LogP contribution in [0.2, 0.25) is 0 Å². The lowest BCUT2D eigenvalue weighted by molar-refractivity contribution is -0.113. The molecule has 8 heteroatoms. The highest BCUT2D eigenvalue weighted by atomic mass is 32.2. The van der Waals surface area contributed by atoms with Crippen LogP contribution >= 0.6 is 34.9 Å². The highest BCUT2D eigenvalue weighted by Crippen LogP contribution is 2.28. The van der Waals surface area contributed by atoms with E-state index in [0.29, 0.717) is 11.6 Å². The van der Waals surface area contributed by atoms with Crippen molar-refractivity contribution in [3.8, 4) is 5.69 Å². The summed E-state index contributed by atoms with van der Waals surface area (Å²) in [6.07, 6.45) is 2.55. The average Bonchev–Trinajstić information content (AvgIpc) is 3.48. The van der Waals surface area contributed by atoms with E-state index in [1.165, 1.54) is 16.6 Å². The van der Waals surface area contributed by atoms with Crippen molar-refractivity contribution < 1.29 is 4.79 Å². The van der Waals surface area contributed by atoms with Gasteiger partial charge in [0.1, 0.15) is 5.82 Å². The molecule has 0 bridgehead atoms. The van der Waals surface area contributed by atoms with Gasteiger partial charge in [-0.05, 0) is 35.7 Å². The molecule has 0 spiro atoms. The van der Waals surface area contributed by atoms with E-state index in [4.69, 9.17) is 0 Å². The van der Waals surface area contributed by atoms with Gasteiger partial charge in [0.05, 0.1) is 11.4 Å². The Kier molecular flexibility index (Phi) is 7.82. The van der Waals surface area contributed by atoms with Gasteiger partial charge in [0.25, 0.3) is 0 Å². The first-order chi connectivity index (χ1) is 15.7. The molecule has 2 aromatic carbocycles. The number of benzene rings is 2. The SMILES string of the molecule is C=CCSc1ccccc1NC(=O)CSc1nnc(Cc2cccs2)n1-c1ccccc1. The zero-order chi connectivity index (χ0) is 22.2. The number of amides is 1. The highest BCUT2D eigenvalue weighted by molar-refractivity contribution is 8.00. The second-order valence-corrected chi connectivity index (χ2v) is 9.80. The molecular weight excluding hydrogens is 456 g/mol. The summed E-state index contributed by atoms with van der Waals surface area (Å²) >= 11 is 4.72. The Morgan fingerprint density at radius 2 is 1.84 bits per heavy atom. The summed E-state index contributed by atoms with van der Waals surface area (Å²) in [5.74, 6) is 1.80. The summed E-state index contributed by atoms with van der Waals surface area (Å²) < 4.78 is 2.03. The number of nitrogens with one attached hydrogen (secondary N) is 1. The number of carbonyl (C=O) groups is 1. The van der Waals surface area contributed by atoms with Crippen molar-refractivity contribution in [1.29, 1.82) is 0 Å². The zero-order valence-electron chi connectivity index (χ0n) is 17.3. The molecule has 0 unspecified atom stereocenters. The van der Waals surface area contributed by atoms with Gasteiger partial charge in [0.2, 0.25) is 5.91 Å². The maximum absolute atomic E-state index is 12.7. The molecule has 0 aliphatic heterocycles. The van der Waals surface area contributed by atoms with Gasteiger partial charge in [-0.2, -0.15) is 0 Å². The van der Waals surface area contributed by atoms with Gasteiger partial charge >= 0.3 is 0 Å². The van der Waals surface area contributed by atoms with Gasteiger partial charge < -0.3 is 5.32 Å². The Morgan fingerprint density at radius 3 is 2.62 bits per heavy atom. The van der Waals surface area contributed by atoms with Gasteiger partial charge in [-0.3, -0.25) is 9.36 Å². The summed E-state index contributed by atoms with van der Waals surface area (Å²) in [4.78, 5) is 14.9. The molecular formula is C24H22N4OS3. The third-order valence-electron chi connectivity index (χ3n) is 4.48. The largest absolute Gasteiger partial charge is 0.324 e. The molecule has 0 fully saturated rings. The number of nitrogens with zero attached hydrogens (tertiary/aromatic N) is 3. The molecule has 32 heavy (non-hydrogen) atoms. The first kappa shape index (κ1) is 22.4. The Morgan fingerprint density at radius 1 is 1.03 bits per heavy atom. The van der Waals surface area contributed by atoms with Crippen LogP contribution in [0.25, 0.3) is 5.69 Å². The summed E-state index contributed by atoms with van der Waals surface area (Å²) in [6, 6.07) is 21.9. The molecule has 162 valence electrons. The molecule has 4 aromatic rings. The minimum Gasteiger partial charge on any atom is -0.324 e. The van der Waals surface area contributed by atoms with Crippen LogP contribution in [-0.2, 0) is 11.2 Å². The van der Waals surface area contributed by atoms with E-state index >= 15 is 0 Å². The number of thiophene rings is 1. The fraction of sp³-hybridized carbons (Fsp3) is 0.125. The number of hydrogen-bond acceptors (Lipinski definition) is 6. The molecule has 5 nitrogen and oxygen atoms in total. The number of carbonyl (C=O) groups excluding carboxylic acids is 1. The number of para-hydroxylation sites is 2. The minimum absolute atomic E-state index is 0.0796. The van der Waals surface area contributed by atoms with E-state index in [1.54, 1.807) is 23.1 Å². The van der Waals surface area contributed by atoms with E-state index in [0.717, 1.165) is 27.8 Å². The van der Waals surface area contributed by atoms with Crippen LogP contribution in [-0.4, -0.2) is 32.2 Å². The molecule has 2 heterocycles. The highest BCUT2D eigenvalue weighted by Gasteiger charge is 2.17. The minimum atomic E-state index is -0.0796. The Labute approximate surface area is 200 Å². The van der Waals surface area contributed by atoms with Crippen molar-refractivity contribution in [1.82, 2.24) is 14.8 Å². The Balaban J connectivity index is 1.49. The van der Waals surface area contributed by atoms with Crippen molar-refractivity contribution in [2.24, 2.45) is 0 Å². The number of thioether (sulfide) groups is 2. The van der Waals surface area contributed by atoms with E-state index in [-0.39, 0.29) is 11.7 Å². The molecule has 1 N–H and O–H groups in total. The van der Waals surface area contributed by atoms with Crippen LogP contribution in [0.4, 0.5) is 5.69 Å². The van der Waals surface area contributed by atoms with Crippen LogP contribution in [0.1, 0.15) is 10.7 Å². The van der Waals surface area contributed by atoms with Crippen LogP contribution < -0.4 is 5.32 Å². The zero-order valence-corrected chi connectivity index (χ0v) is 19.8. The Hall–Kier alpha value is -2.81. The quantitative estimate of drug-likeness (QED) is 0.226. The maximum atomic E-state index is 12.7. The van der Waals surface area contributed by atoms with Crippen molar-refractivity contribution >= 4 is 46.5 Å². The van der Waals surface area contributed by atoms with Crippen LogP contribution in [0, 0.1) is 0 Å². The third-order valence-corrected chi connectivity index (χ3v) is 7.35. The smallest absolute Gasteiger partial charge is 0.234 e. The molecule has 0 aliphatic carbocycles. The molecule has 0 atom stereocenters. The van der Waals surface area contributed by atoms with Crippen molar-refractivity contribution in [3.63, 3.8) is 0 Å². The van der Waals surface area contributed by atoms with Gasteiger partial charge in [-0.25, -0.2) is 0 Å². The van der Waals surface area contributed by atoms with Crippen LogP contribution in [0.3, 0.4) is 0 Å².